The maximum Gasteiger partial charge on any atom is 0.324 e. The third-order valence-corrected chi connectivity index (χ3v) is 2.68. The van der Waals surface area contributed by atoms with Gasteiger partial charge in [0.25, 0.3) is 0 Å². The molecule has 0 aliphatic rings. The van der Waals surface area contributed by atoms with Gasteiger partial charge in [0.15, 0.2) is 0 Å². The Labute approximate surface area is 86.7 Å². The Morgan fingerprint density at radius 2 is 2.17 bits per heavy atom. The highest BCUT2D eigenvalue weighted by Crippen LogP contribution is 2.05. The van der Waals surface area contributed by atoms with E-state index in [9.17, 15) is 4.79 Å². The molecule has 0 bridgehead atoms. The molecule has 0 N–H and O–H groups in total. The summed E-state index contributed by atoms with van der Waals surface area (Å²) in [6.45, 7) is 4.62. The van der Waals surface area contributed by atoms with Crippen molar-refractivity contribution in [2.75, 3.05) is 11.9 Å². The van der Waals surface area contributed by atoms with Gasteiger partial charge < -0.3 is 4.74 Å². The molecule has 0 saturated carbocycles. The summed E-state index contributed by atoms with van der Waals surface area (Å²) < 4.78 is 4.90. The fraction of sp³-hybridized carbons (Fsp3) is 0.875. The molecule has 0 aromatic rings. The van der Waals surface area contributed by atoms with Crippen LogP contribution < -0.4 is 0 Å². The minimum atomic E-state index is -0.558. The Bertz CT molecular complexity index is 139. The van der Waals surface area contributed by atoms with E-state index in [0.717, 1.165) is 6.42 Å². The number of carbonyl (C=O) groups excluding carboxylic acids is 1. The third kappa shape index (κ3) is 5.84. The van der Waals surface area contributed by atoms with Crippen molar-refractivity contribution in [1.29, 1.82) is 0 Å². The van der Waals surface area contributed by atoms with Crippen LogP contribution in [0.3, 0.4) is 0 Å². The van der Waals surface area contributed by atoms with E-state index >= 15 is 0 Å². The van der Waals surface area contributed by atoms with Gasteiger partial charge in [-0.1, -0.05) is 29.8 Å². The molecule has 0 aromatic carbocycles. The number of esters is 1. The predicted octanol–water partition coefficient (Wildman–Crippen LogP) is 2.58. The Balaban J connectivity index is 3.44. The molecule has 4 heteroatoms. The second-order valence-corrected chi connectivity index (χ2v) is 4.15. The summed E-state index contributed by atoms with van der Waals surface area (Å²) in [5.74, 6) is 0.213. The monoisotopic (exact) mass is 256 g/mol. The van der Waals surface area contributed by atoms with Gasteiger partial charge in [0.2, 0.25) is 0 Å². The first kappa shape index (κ1) is 12.2. The van der Waals surface area contributed by atoms with Crippen molar-refractivity contribution in [1.82, 2.24) is 0 Å². The Hall–Kier alpha value is 0.240. The molecule has 0 aromatic heterocycles. The van der Waals surface area contributed by atoms with Crippen molar-refractivity contribution < 1.29 is 9.53 Å². The van der Waals surface area contributed by atoms with Gasteiger partial charge in [0.1, 0.15) is 5.38 Å². The first-order chi connectivity index (χ1) is 5.57. The quantitative estimate of drug-likeness (QED) is 0.559. The van der Waals surface area contributed by atoms with Gasteiger partial charge in [0, 0.05) is 5.33 Å². The van der Waals surface area contributed by atoms with Gasteiger partial charge in [0.05, 0.1) is 6.61 Å². The summed E-state index contributed by atoms with van der Waals surface area (Å²) >= 11 is 8.71. The molecule has 2 nitrogen and oxygen atoms in total. The van der Waals surface area contributed by atoms with E-state index in [-0.39, 0.29) is 5.97 Å². The summed E-state index contributed by atoms with van der Waals surface area (Å²) in [5.41, 5.74) is 0. The Morgan fingerprint density at radius 1 is 1.58 bits per heavy atom. The average Bonchev–Trinajstić information content (AvgIpc) is 2.02. The van der Waals surface area contributed by atoms with Crippen LogP contribution in [0.15, 0.2) is 0 Å². The van der Waals surface area contributed by atoms with E-state index in [4.69, 9.17) is 16.3 Å². The zero-order valence-electron chi connectivity index (χ0n) is 7.35. The molecule has 1 unspecified atom stereocenters. The van der Waals surface area contributed by atoms with Crippen LogP contribution in [0.4, 0.5) is 0 Å². The van der Waals surface area contributed by atoms with E-state index in [1.807, 2.05) is 0 Å². The maximum atomic E-state index is 11.0. The third-order valence-electron chi connectivity index (χ3n) is 1.33. The number of carbonyl (C=O) groups is 1. The first-order valence-corrected chi connectivity index (χ1v) is 5.50. The molecule has 0 aliphatic carbocycles. The molecule has 0 heterocycles. The highest BCUT2D eigenvalue weighted by molar-refractivity contribution is 9.09. The normalized spacial score (nSPS) is 13.1. The summed E-state index contributed by atoms with van der Waals surface area (Å²) in [6.07, 6.45) is 0.887. The fourth-order valence-corrected chi connectivity index (χ4v) is 0.876. The number of halogens is 2. The fourth-order valence-electron chi connectivity index (χ4n) is 0.549. The van der Waals surface area contributed by atoms with Crippen LogP contribution in [-0.4, -0.2) is 23.3 Å². The second kappa shape index (κ2) is 6.72. The van der Waals surface area contributed by atoms with Crippen LogP contribution in [-0.2, 0) is 9.53 Å². The lowest BCUT2D eigenvalue weighted by Gasteiger charge is -2.08. The minimum Gasteiger partial charge on any atom is -0.465 e. The highest BCUT2D eigenvalue weighted by atomic mass is 79.9. The number of rotatable bonds is 5. The van der Waals surface area contributed by atoms with Crippen LogP contribution in [0.1, 0.15) is 20.3 Å². The largest absolute Gasteiger partial charge is 0.465 e. The van der Waals surface area contributed by atoms with Gasteiger partial charge in [-0.2, -0.15) is 0 Å². The van der Waals surface area contributed by atoms with E-state index in [0.29, 0.717) is 17.9 Å². The summed E-state index contributed by atoms with van der Waals surface area (Å²) in [5, 5.41) is -0.119. The van der Waals surface area contributed by atoms with Crippen LogP contribution in [0.2, 0.25) is 0 Å². The summed E-state index contributed by atoms with van der Waals surface area (Å²) in [4.78, 5) is 11.0. The van der Waals surface area contributed by atoms with E-state index in [1.165, 1.54) is 0 Å². The average molecular weight is 258 g/mol. The van der Waals surface area contributed by atoms with Gasteiger partial charge in [-0.25, -0.2) is 0 Å². The van der Waals surface area contributed by atoms with Crippen molar-refractivity contribution >= 4 is 33.5 Å². The lowest BCUT2D eigenvalue weighted by atomic mass is 10.1. The number of alkyl halides is 2. The topological polar surface area (TPSA) is 26.3 Å². The van der Waals surface area contributed by atoms with Gasteiger partial charge in [-0.15, -0.1) is 11.6 Å². The Kier molecular flexibility index (Phi) is 6.86. The van der Waals surface area contributed by atoms with Crippen LogP contribution in [0, 0.1) is 5.92 Å². The van der Waals surface area contributed by atoms with Gasteiger partial charge in [-0.05, 0) is 12.3 Å². The van der Waals surface area contributed by atoms with E-state index in [2.05, 4.69) is 29.8 Å². The van der Waals surface area contributed by atoms with Crippen molar-refractivity contribution in [2.24, 2.45) is 5.92 Å². The van der Waals surface area contributed by atoms with Crippen LogP contribution >= 0.6 is 27.5 Å². The molecule has 0 aliphatic heterocycles. The summed E-state index contributed by atoms with van der Waals surface area (Å²) in [7, 11) is 0. The van der Waals surface area contributed by atoms with Crippen molar-refractivity contribution in [3.63, 3.8) is 0 Å². The molecule has 0 amide bonds. The van der Waals surface area contributed by atoms with E-state index < -0.39 is 5.38 Å². The Morgan fingerprint density at radius 3 is 2.58 bits per heavy atom. The van der Waals surface area contributed by atoms with Gasteiger partial charge >= 0.3 is 5.97 Å². The zero-order chi connectivity index (χ0) is 9.56. The molecule has 72 valence electrons. The van der Waals surface area contributed by atoms with Crippen molar-refractivity contribution in [3.8, 4) is 0 Å². The number of ether oxygens (including phenoxy) is 1. The summed E-state index contributed by atoms with van der Waals surface area (Å²) in [6, 6.07) is 0. The molecule has 12 heavy (non-hydrogen) atoms. The smallest absolute Gasteiger partial charge is 0.324 e. The number of hydrogen-bond acceptors (Lipinski definition) is 2. The molecule has 1 atom stereocenters. The molecule has 0 saturated heterocycles. The van der Waals surface area contributed by atoms with Crippen molar-refractivity contribution in [3.05, 3.63) is 0 Å². The lowest BCUT2D eigenvalue weighted by Crippen LogP contribution is -2.20. The zero-order valence-corrected chi connectivity index (χ0v) is 9.69. The second-order valence-electron chi connectivity index (χ2n) is 2.97. The highest BCUT2D eigenvalue weighted by Gasteiger charge is 2.14. The van der Waals surface area contributed by atoms with Crippen LogP contribution in [0.25, 0.3) is 0 Å². The van der Waals surface area contributed by atoms with E-state index in [1.54, 1.807) is 0 Å². The van der Waals surface area contributed by atoms with Crippen molar-refractivity contribution in [2.45, 2.75) is 25.6 Å². The molecule has 0 rings (SSSR count). The molecule has 0 fully saturated rings. The minimum absolute atomic E-state index is 0.339. The lowest BCUT2D eigenvalue weighted by molar-refractivity contribution is -0.143. The molecular formula is C8H14BrClO2. The molecule has 0 radical (unpaired) electrons. The number of hydrogen-bond donors (Lipinski definition) is 0. The molecular weight excluding hydrogens is 243 g/mol. The molecule has 0 spiro atoms. The first-order valence-electron chi connectivity index (χ1n) is 3.94. The standard InChI is InChI=1S/C8H14BrClO2/c1-6(2)3-4-12-8(11)7(10)5-9/h6-7H,3-5H2,1-2H3. The SMILES string of the molecule is CC(C)CCOC(=O)C(Cl)CBr. The maximum absolute atomic E-state index is 11.0. The van der Waals surface area contributed by atoms with Gasteiger partial charge in [-0.3, -0.25) is 4.79 Å². The van der Waals surface area contributed by atoms with Crippen LogP contribution in [0.5, 0.6) is 0 Å². The predicted molar refractivity (Wildman–Crippen MR) is 53.8 cm³/mol.